The fourth-order valence-corrected chi connectivity index (χ4v) is 0.736. The molecule has 1 aliphatic rings. The van der Waals surface area contributed by atoms with Crippen molar-refractivity contribution in [2.24, 2.45) is 0 Å². The lowest BCUT2D eigenvalue weighted by Crippen LogP contribution is -2.41. The third-order valence-electron chi connectivity index (χ3n) is 1.21. The van der Waals surface area contributed by atoms with Crippen LogP contribution >= 0.6 is 0 Å². The van der Waals surface area contributed by atoms with Crippen LogP contribution in [0, 0.1) is 0 Å². The molecule has 0 aromatic heterocycles. The number of carbonyl (C=O) groups excluding carboxylic acids is 1. The lowest BCUT2D eigenvalue weighted by atomic mass is 10.2. The second kappa shape index (κ2) is 2.51. The highest BCUT2D eigenvalue weighted by Crippen LogP contribution is 1.97. The molecule has 10 heavy (non-hydrogen) atoms. The maximum Gasteiger partial charge on any atom is 0.330 e. The molecule has 0 radical (unpaired) electrons. The Kier molecular flexibility index (Phi) is 1.71. The van der Waals surface area contributed by atoms with Gasteiger partial charge in [0.25, 0.3) is 0 Å². The highest BCUT2D eigenvalue weighted by atomic mass is 16.4. The van der Waals surface area contributed by atoms with E-state index in [2.05, 4.69) is 5.32 Å². The van der Waals surface area contributed by atoms with Crippen LogP contribution in [0.25, 0.3) is 0 Å². The summed E-state index contributed by atoms with van der Waals surface area (Å²) >= 11 is 0. The summed E-state index contributed by atoms with van der Waals surface area (Å²) in [6, 6.07) is -0.832. The molecule has 0 spiro atoms. The van der Waals surface area contributed by atoms with E-state index in [1.165, 1.54) is 6.08 Å². The van der Waals surface area contributed by atoms with Crippen LogP contribution in [0.3, 0.4) is 0 Å². The number of rotatable bonds is 1. The molecule has 1 aliphatic heterocycles. The number of amides is 1. The SMILES string of the molecule is O=C1CC=CC(C(=O)O)N1. The summed E-state index contributed by atoms with van der Waals surface area (Å²) in [6.07, 6.45) is 3.30. The van der Waals surface area contributed by atoms with E-state index >= 15 is 0 Å². The Hall–Kier alpha value is -1.32. The molecule has 0 aromatic carbocycles. The Morgan fingerprint density at radius 2 is 2.50 bits per heavy atom. The van der Waals surface area contributed by atoms with Crippen LogP contribution in [0.4, 0.5) is 0 Å². The van der Waals surface area contributed by atoms with E-state index in [0.29, 0.717) is 0 Å². The second-order valence-corrected chi connectivity index (χ2v) is 2.02. The van der Waals surface area contributed by atoms with Gasteiger partial charge < -0.3 is 10.4 Å². The van der Waals surface area contributed by atoms with Crippen LogP contribution in [0.1, 0.15) is 6.42 Å². The zero-order valence-corrected chi connectivity index (χ0v) is 5.20. The van der Waals surface area contributed by atoms with Crippen LogP contribution in [0.2, 0.25) is 0 Å². The number of carbonyl (C=O) groups is 2. The van der Waals surface area contributed by atoms with E-state index in [1.54, 1.807) is 6.08 Å². The van der Waals surface area contributed by atoms with Crippen molar-refractivity contribution in [3.8, 4) is 0 Å². The monoisotopic (exact) mass is 141 g/mol. The van der Waals surface area contributed by atoms with E-state index in [4.69, 9.17) is 5.11 Å². The van der Waals surface area contributed by atoms with E-state index in [1.807, 2.05) is 0 Å². The fourth-order valence-electron chi connectivity index (χ4n) is 0.736. The number of aliphatic carboxylic acids is 1. The molecule has 0 aliphatic carbocycles. The quantitative estimate of drug-likeness (QED) is 0.484. The molecule has 54 valence electrons. The number of hydrogen-bond donors (Lipinski definition) is 2. The van der Waals surface area contributed by atoms with Crippen molar-refractivity contribution in [2.75, 3.05) is 0 Å². The zero-order valence-electron chi connectivity index (χ0n) is 5.20. The van der Waals surface area contributed by atoms with Crippen molar-refractivity contribution in [3.05, 3.63) is 12.2 Å². The number of nitrogens with one attached hydrogen (secondary N) is 1. The van der Waals surface area contributed by atoms with Gasteiger partial charge in [0, 0.05) is 6.42 Å². The molecule has 1 amide bonds. The average Bonchev–Trinajstić information content (AvgIpc) is 1.88. The third-order valence-corrected chi connectivity index (χ3v) is 1.21. The fraction of sp³-hybridized carbons (Fsp3) is 0.333. The molecule has 1 heterocycles. The Labute approximate surface area is 57.5 Å². The molecule has 0 saturated heterocycles. The summed E-state index contributed by atoms with van der Waals surface area (Å²) in [7, 11) is 0. The summed E-state index contributed by atoms with van der Waals surface area (Å²) in [5.74, 6) is -1.26. The summed E-state index contributed by atoms with van der Waals surface area (Å²) < 4.78 is 0. The predicted octanol–water partition coefficient (Wildman–Crippen LogP) is -0.484. The van der Waals surface area contributed by atoms with Crippen molar-refractivity contribution < 1.29 is 14.7 Å². The van der Waals surface area contributed by atoms with Crippen molar-refractivity contribution in [1.82, 2.24) is 5.32 Å². The standard InChI is InChI=1S/C6H7NO3/c8-5-3-1-2-4(7-5)6(9)10/h1-2,4H,3H2,(H,7,8)(H,9,10). The van der Waals surface area contributed by atoms with Crippen molar-refractivity contribution >= 4 is 11.9 Å². The molecule has 1 atom stereocenters. The Morgan fingerprint density at radius 1 is 1.80 bits per heavy atom. The first-order valence-corrected chi connectivity index (χ1v) is 2.89. The van der Waals surface area contributed by atoms with Gasteiger partial charge in [-0.05, 0) is 0 Å². The molecule has 0 bridgehead atoms. The van der Waals surface area contributed by atoms with Gasteiger partial charge in [0.2, 0.25) is 5.91 Å². The molecule has 1 rings (SSSR count). The Morgan fingerprint density at radius 3 is 2.90 bits per heavy atom. The molecule has 4 nitrogen and oxygen atoms in total. The minimum Gasteiger partial charge on any atom is -0.479 e. The Balaban J connectivity index is 2.64. The molecule has 2 N–H and O–H groups in total. The first-order valence-electron chi connectivity index (χ1n) is 2.89. The minimum absolute atomic E-state index is 0.241. The van der Waals surface area contributed by atoms with Gasteiger partial charge in [0.05, 0.1) is 0 Å². The molecule has 0 fully saturated rings. The van der Waals surface area contributed by atoms with Crippen LogP contribution in [0.5, 0.6) is 0 Å². The summed E-state index contributed by atoms with van der Waals surface area (Å²) in [5, 5.41) is 10.7. The van der Waals surface area contributed by atoms with E-state index in [9.17, 15) is 9.59 Å². The summed E-state index contributed by atoms with van der Waals surface area (Å²) in [5.41, 5.74) is 0. The van der Waals surface area contributed by atoms with Crippen molar-refractivity contribution in [1.29, 1.82) is 0 Å². The van der Waals surface area contributed by atoms with Gasteiger partial charge in [-0.15, -0.1) is 0 Å². The molecule has 1 unspecified atom stereocenters. The highest BCUT2D eigenvalue weighted by molar-refractivity contribution is 5.87. The third kappa shape index (κ3) is 1.34. The highest BCUT2D eigenvalue weighted by Gasteiger charge is 2.18. The van der Waals surface area contributed by atoms with E-state index < -0.39 is 12.0 Å². The Bertz CT molecular complexity index is 197. The summed E-state index contributed by atoms with van der Waals surface area (Å²) in [6.45, 7) is 0. The predicted molar refractivity (Wildman–Crippen MR) is 33.3 cm³/mol. The largest absolute Gasteiger partial charge is 0.479 e. The van der Waals surface area contributed by atoms with Gasteiger partial charge in [-0.2, -0.15) is 0 Å². The van der Waals surface area contributed by atoms with Gasteiger partial charge in [-0.25, -0.2) is 4.79 Å². The second-order valence-electron chi connectivity index (χ2n) is 2.02. The van der Waals surface area contributed by atoms with Gasteiger partial charge in [0.15, 0.2) is 0 Å². The number of hydrogen-bond acceptors (Lipinski definition) is 2. The lowest BCUT2D eigenvalue weighted by molar-refractivity contribution is -0.140. The smallest absolute Gasteiger partial charge is 0.330 e. The van der Waals surface area contributed by atoms with Gasteiger partial charge in [-0.3, -0.25) is 4.79 Å². The number of carboxylic acid groups (broad SMARTS) is 1. The first-order chi connectivity index (χ1) is 4.70. The molecule has 0 saturated carbocycles. The average molecular weight is 141 g/mol. The maximum atomic E-state index is 10.6. The lowest BCUT2D eigenvalue weighted by Gasteiger charge is -2.12. The molecular formula is C6H7NO3. The maximum absolute atomic E-state index is 10.6. The number of carboxylic acids is 1. The van der Waals surface area contributed by atoms with Crippen LogP contribution in [0.15, 0.2) is 12.2 Å². The van der Waals surface area contributed by atoms with Gasteiger partial charge >= 0.3 is 5.97 Å². The van der Waals surface area contributed by atoms with Crippen molar-refractivity contribution in [2.45, 2.75) is 12.5 Å². The van der Waals surface area contributed by atoms with Crippen molar-refractivity contribution in [3.63, 3.8) is 0 Å². The normalized spacial score (nSPS) is 24.0. The molecular weight excluding hydrogens is 134 g/mol. The summed E-state index contributed by atoms with van der Waals surface area (Å²) in [4.78, 5) is 20.8. The van der Waals surface area contributed by atoms with Gasteiger partial charge in [0.1, 0.15) is 6.04 Å². The van der Waals surface area contributed by atoms with E-state index in [-0.39, 0.29) is 12.3 Å². The van der Waals surface area contributed by atoms with Crippen LogP contribution in [-0.2, 0) is 9.59 Å². The zero-order chi connectivity index (χ0) is 7.56. The molecule has 0 aromatic rings. The van der Waals surface area contributed by atoms with E-state index in [0.717, 1.165) is 0 Å². The van der Waals surface area contributed by atoms with Crippen LogP contribution in [-0.4, -0.2) is 23.0 Å². The van der Waals surface area contributed by atoms with Crippen LogP contribution < -0.4 is 5.32 Å². The topological polar surface area (TPSA) is 66.4 Å². The van der Waals surface area contributed by atoms with Gasteiger partial charge in [-0.1, -0.05) is 12.2 Å². The minimum atomic E-state index is -1.02. The first kappa shape index (κ1) is 6.80. The molecule has 4 heteroatoms.